The van der Waals surface area contributed by atoms with Crippen LogP contribution in [0.5, 0.6) is 0 Å². The highest BCUT2D eigenvalue weighted by Gasteiger charge is 2.62. The molecule has 32 heavy (non-hydrogen) atoms. The van der Waals surface area contributed by atoms with E-state index in [9.17, 15) is 17.8 Å². The first kappa shape index (κ1) is 24.7. The number of carbonyl (C=O) groups is 1. The monoisotopic (exact) mass is 466 g/mol. The van der Waals surface area contributed by atoms with Crippen LogP contribution >= 0.6 is 0 Å². The van der Waals surface area contributed by atoms with Crippen molar-refractivity contribution < 1.29 is 17.8 Å². The van der Waals surface area contributed by atoms with E-state index in [1.165, 1.54) is 44.9 Å². The summed E-state index contributed by atoms with van der Waals surface area (Å²) in [4.78, 5) is 12.5. The van der Waals surface area contributed by atoms with Crippen LogP contribution in [0.1, 0.15) is 105 Å². The van der Waals surface area contributed by atoms with Crippen LogP contribution in [0, 0.1) is 52.3 Å². The molecular formula is C27H46O4S. The van der Waals surface area contributed by atoms with Crippen molar-refractivity contribution in [3.63, 3.8) is 0 Å². The van der Waals surface area contributed by atoms with Gasteiger partial charge in [0.25, 0.3) is 10.1 Å². The van der Waals surface area contributed by atoms with Crippen LogP contribution in [0.15, 0.2) is 0 Å². The zero-order chi connectivity index (χ0) is 23.5. The van der Waals surface area contributed by atoms with Gasteiger partial charge in [-0.1, -0.05) is 53.9 Å². The van der Waals surface area contributed by atoms with Gasteiger partial charge < -0.3 is 0 Å². The zero-order valence-electron chi connectivity index (χ0n) is 21.0. The molecule has 2 unspecified atom stereocenters. The Morgan fingerprint density at radius 3 is 2.31 bits per heavy atom. The van der Waals surface area contributed by atoms with Crippen LogP contribution in [0.4, 0.5) is 0 Å². The standard InChI is InChI=1S/C27H46O4S/c1-17(2)7-6-8-18(3)21-11-12-22-20-10-9-19-15-24(28)25(32(29,30)31)16-27(19,5)23(20)13-14-26(21,22)4/h17-23,25H,6-16H2,1-5H3,(H,29,30,31)/t18-,19?,20+,21-,22+,23+,25?,26-,27+/m1/s1. The van der Waals surface area contributed by atoms with Gasteiger partial charge >= 0.3 is 0 Å². The molecule has 0 aromatic carbocycles. The lowest BCUT2D eigenvalue weighted by atomic mass is 9.44. The normalized spacial score (nSPS) is 45.3. The van der Waals surface area contributed by atoms with E-state index in [0.717, 1.165) is 36.5 Å². The summed E-state index contributed by atoms with van der Waals surface area (Å²) in [5.41, 5.74) is 0.272. The van der Waals surface area contributed by atoms with Crippen molar-refractivity contribution in [1.82, 2.24) is 0 Å². The van der Waals surface area contributed by atoms with Crippen molar-refractivity contribution >= 4 is 15.9 Å². The second-order valence-corrected chi connectivity index (χ2v) is 14.7. The number of Topliss-reactive ketones (excluding diaryl/α,β-unsaturated/α-hetero) is 1. The topological polar surface area (TPSA) is 71.4 Å². The molecule has 0 aromatic rings. The summed E-state index contributed by atoms with van der Waals surface area (Å²) in [6, 6.07) is 0. The summed E-state index contributed by atoms with van der Waals surface area (Å²) in [7, 11) is -4.32. The minimum atomic E-state index is -4.32. The molecule has 4 nitrogen and oxygen atoms in total. The average Bonchev–Trinajstić information content (AvgIpc) is 3.04. The van der Waals surface area contributed by atoms with E-state index in [1.54, 1.807) is 0 Å². The fourth-order valence-electron chi connectivity index (χ4n) is 9.37. The Kier molecular flexibility index (Phi) is 6.68. The van der Waals surface area contributed by atoms with Gasteiger partial charge in [-0.15, -0.1) is 0 Å². The third-order valence-corrected chi connectivity index (χ3v) is 12.2. The average molecular weight is 467 g/mol. The molecule has 4 aliphatic carbocycles. The third kappa shape index (κ3) is 4.12. The molecular weight excluding hydrogens is 420 g/mol. The Balaban J connectivity index is 1.52. The number of hydrogen-bond acceptors (Lipinski definition) is 3. The number of carbonyl (C=O) groups excluding carboxylic acids is 1. The van der Waals surface area contributed by atoms with Crippen LogP contribution in [0.2, 0.25) is 0 Å². The van der Waals surface area contributed by atoms with Gasteiger partial charge in [-0.25, -0.2) is 0 Å². The first-order chi connectivity index (χ1) is 14.9. The summed E-state index contributed by atoms with van der Waals surface area (Å²) in [5, 5.41) is -1.20. The minimum Gasteiger partial charge on any atom is -0.298 e. The molecule has 0 spiro atoms. The smallest absolute Gasteiger partial charge is 0.275 e. The number of fused-ring (bicyclic) bond motifs is 5. The van der Waals surface area contributed by atoms with E-state index in [1.807, 2.05) is 0 Å². The van der Waals surface area contributed by atoms with Crippen molar-refractivity contribution in [3.8, 4) is 0 Å². The van der Waals surface area contributed by atoms with Gasteiger partial charge in [-0.05, 0) is 97.2 Å². The molecule has 0 aromatic heterocycles. The summed E-state index contributed by atoms with van der Waals surface area (Å²) >= 11 is 0. The van der Waals surface area contributed by atoms with Crippen LogP contribution in [0.3, 0.4) is 0 Å². The molecule has 4 aliphatic rings. The summed E-state index contributed by atoms with van der Waals surface area (Å²) in [6.07, 6.45) is 12.0. The molecule has 4 rings (SSSR count). The third-order valence-electron chi connectivity index (χ3n) is 11.1. The molecule has 0 radical (unpaired) electrons. The fourth-order valence-corrected chi connectivity index (χ4v) is 10.4. The SMILES string of the molecule is CC(C)CCC[C@@H](C)[C@H]1CC[C@H]2[C@@H]3CCC4CC(=O)C(S(=O)(=O)O)C[C@]4(C)[C@H]3CC[C@]12C. The second-order valence-electron chi connectivity index (χ2n) is 13.1. The second kappa shape index (κ2) is 8.66. The van der Waals surface area contributed by atoms with E-state index in [4.69, 9.17) is 0 Å². The number of hydrogen-bond donors (Lipinski definition) is 1. The summed E-state index contributed by atoms with van der Waals surface area (Å²) < 4.78 is 33.7. The van der Waals surface area contributed by atoms with Gasteiger partial charge in [0.2, 0.25) is 0 Å². The number of rotatable bonds is 6. The molecule has 0 heterocycles. The zero-order valence-corrected chi connectivity index (χ0v) is 21.8. The summed E-state index contributed by atoms with van der Waals surface area (Å²) in [6.45, 7) is 12.0. The Labute approximate surface area is 196 Å². The van der Waals surface area contributed by atoms with Crippen LogP contribution < -0.4 is 0 Å². The van der Waals surface area contributed by atoms with Crippen molar-refractivity contribution in [2.45, 2.75) is 110 Å². The van der Waals surface area contributed by atoms with Gasteiger partial charge in [-0.2, -0.15) is 8.42 Å². The molecule has 0 saturated heterocycles. The maximum atomic E-state index is 12.5. The minimum absolute atomic E-state index is 0.139. The largest absolute Gasteiger partial charge is 0.298 e. The molecule has 1 N–H and O–H groups in total. The predicted octanol–water partition coefficient (Wildman–Crippen LogP) is 6.54. The Morgan fingerprint density at radius 1 is 0.969 bits per heavy atom. The van der Waals surface area contributed by atoms with Gasteiger partial charge in [-0.3, -0.25) is 9.35 Å². The fraction of sp³-hybridized carbons (Fsp3) is 0.963. The first-order valence-corrected chi connectivity index (χ1v) is 14.9. The van der Waals surface area contributed by atoms with Crippen LogP contribution in [-0.2, 0) is 14.9 Å². The quantitative estimate of drug-likeness (QED) is 0.451. The van der Waals surface area contributed by atoms with E-state index in [0.29, 0.717) is 30.1 Å². The lowest BCUT2D eigenvalue weighted by Crippen LogP contribution is -2.57. The van der Waals surface area contributed by atoms with Crippen LogP contribution in [0.25, 0.3) is 0 Å². The maximum absolute atomic E-state index is 12.5. The molecule has 0 bridgehead atoms. The summed E-state index contributed by atoms with van der Waals surface area (Å²) in [5.74, 6) is 4.28. The molecule has 184 valence electrons. The van der Waals surface area contributed by atoms with E-state index in [-0.39, 0.29) is 17.1 Å². The predicted molar refractivity (Wildman–Crippen MR) is 129 cm³/mol. The number of ketones is 1. The maximum Gasteiger partial charge on any atom is 0.275 e. The molecule has 0 amide bonds. The lowest BCUT2D eigenvalue weighted by molar-refractivity contribution is -0.139. The molecule has 5 heteroatoms. The van der Waals surface area contributed by atoms with E-state index >= 15 is 0 Å². The van der Waals surface area contributed by atoms with E-state index in [2.05, 4.69) is 34.6 Å². The van der Waals surface area contributed by atoms with Crippen molar-refractivity contribution in [1.29, 1.82) is 0 Å². The van der Waals surface area contributed by atoms with Gasteiger partial charge in [0.1, 0.15) is 5.25 Å². The van der Waals surface area contributed by atoms with Gasteiger partial charge in [0, 0.05) is 6.42 Å². The Bertz CT molecular complexity index is 820. The highest BCUT2D eigenvalue weighted by molar-refractivity contribution is 7.87. The molecule has 0 aliphatic heterocycles. The van der Waals surface area contributed by atoms with E-state index < -0.39 is 15.4 Å². The van der Waals surface area contributed by atoms with Gasteiger partial charge in [0.05, 0.1) is 0 Å². The lowest BCUT2D eigenvalue weighted by Gasteiger charge is -2.61. The van der Waals surface area contributed by atoms with Gasteiger partial charge in [0.15, 0.2) is 5.78 Å². The van der Waals surface area contributed by atoms with Crippen molar-refractivity contribution in [3.05, 3.63) is 0 Å². The highest BCUT2D eigenvalue weighted by atomic mass is 32.2. The van der Waals surface area contributed by atoms with Crippen LogP contribution in [-0.4, -0.2) is 24.0 Å². The highest BCUT2D eigenvalue weighted by Crippen LogP contribution is 2.68. The van der Waals surface area contributed by atoms with Crippen molar-refractivity contribution in [2.75, 3.05) is 0 Å². The molecule has 9 atom stereocenters. The first-order valence-electron chi connectivity index (χ1n) is 13.4. The Morgan fingerprint density at radius 2 is 1.66 bits per heavy atom. The Hall–Kier alpha value is -0.420. The molecule has 4 fully saturated rings. The van der Waals surface area contributed by atoms with Crippen molar-refractivity contribution in [2.24, 2.45) is 52.3 Å². The molecule has 4 saturated carbocycles.